The number of nitrogens with zero attached hydrogens (tertiary/aromatic N) is 1. The molecular formula is C16H20Cl2N2O3. The number of halogens is 2. The summed E-state index contributed by atoms with van der Waals surface area (Å²) in [6.45, 7) is 5.48. The Labute approximate surface area is 146 Å². The predicted octanol–water partition coefficient (Wildman–Crippen LogP) is 3.20. The first-order valence-electron chi connectivity index (χ1n) is 7.31. The van der Waals surface area contributed by atoms with E-state index in [-0.39, 0.29) is 31.1 Å². The molecule has 0 spiro atoms. The lowest BCUT2D eigenvalue weighted by Crippen LogP contribution is -2.24. The molecule has 0 atom stereocenters. The zero-order valence-corrected chi connectivity index (χ0v) is 14.9. The van der Waals surface area contributed by atoms with E-state index >= 15 is 0 Å². The van der Waals surface area contributed by atoms with E-state index in [0.29, 0.717) is 10.0 Å². The molecule has 0 aliphatic carbocycles. The first-order chi connectivity index (χ1) is 10.9. The van der Waals surface area contributed by atoms with Gasteiger partial charge in [-0.25, -0.2) is 4.79 Å². The van der Waals surface area contributed by atoms with Gasteiger partial charge >= 0.3 is 5.97 Å². The molecule has 0 saturated carbocycles. The molecular weight excluding hydrogens is 339 g/mol. The Bertz CT molecular complexity index is 616. The number of Topliss-reactive ketones (excluding diaryl/α,β-unsaturated/α-hetero) is 1. The highest BCUT2D eigenvalue weighted by Crippen LogP contribution is 2.26. The highest BCUT2D eigenvalue weighted by Gasteiger charge is 2.13. The van der Waals surface area contributed by atoms with Gasteiger partial charge in [0.1, 0.15) is 5.71 Å². The van der Waals surface area contributed by atoms with Crippen molar-refractivity contribution in [1.82, 2.24) is 5.43 Å². The van der Waals surface area contributed by atoms with Crippen molar-refractivity contribution in [3.8, 4) is 0 Å². The maximum Gasteiger partial charge on any atom is 0.354 e. The standard InChI is InChI=1S/C16H20Cl2N2O3/c1-4-11-6-12(17)7-15(18)14(11)8-13(21)9-19-20-10(3)16(22)23-5-2/h6-7,19H,4-5,8-9H2,1-3H3. The lowest BCUT2D eigenvalue weighted by Gasteiger charge is -2.10. The summed E-state index contributed by atoms with van der Waals surface area (Å²) in [5.74, 6) is -0.606. The van der Waals surface area contributed by atoms with Gasteiger partial charge in [0.15, 0.2) is 5.78 Å². The molecule has 1 rings (SSSR count). The third kappa shape index (κ3) is 6.20. The summed E-state index contributed by atoms with van der Waals surface area (Å²) in [5.41, 5.74) is 4.47. The molecule has 1 aromatic rings. The van der Waals surface area contributed by atoms with Crippen LogP contribution in [-0.4, -0.2) is 30.6 Å². The zero-order valence-electron chi connectivity index (χ0n) is 13.4. The number of carbonyl (C=O) groups is 2. The summed E-state index contributed by atoms with van der Waals surface area (Å²) < 4.78 is 4.79. The van der Waals surface area contributed by atoms with Crippen LogP contribution in [0, 0.1) is 0 Å². The van der Waals surface area contributed by atoms with Crippen molar-refractivity contribution >= 4 is 40.7 Å². The summed E-state index contributed by atoms with van der Waals surface area (Å²) in [6, 6.07) is 3.44. The van der Waals surface area contributed by atoms with Crippen molar-refractivity contribution in [2.45, 2.75) is 33.6 Å². The van der Waals surface area contributed by atoms with Crippen LogP contribution in [0.1, 0.15) is 31.9 Å². The normalized spacial score (nSPS) is 11.3. The maximum atomic E-state index is 12.1. The summed E-state index contributed by atoms with van der Waals surface area (Å²) in [6.07, 6.45) is 0.913. The van der Waals surface area contributed by atoms with Gasteiger partial charge in [-0.15, -0.1) is 0 Å². The highest BCUT2D eigenvalue weighted by atomic mass is 35.5. The fourth-order valence-corrected chi connectivity index (χ4v) is 2.56. The number of benzene rings is 1. The van der Waals surface area contributed by atoms with E-state index < -0.39 is 5.97 Å². The molecule has 0 fully saturated rings. The number of nitrogens with one attached hydrogen (secondary N) is 1. The largest absolute Gasteiger partial charge is 0.461 e. The minimum Gasteiger partial charge on any atom is -0.461 e. The van der Waals surface area contributed by atoms with Crippen molar-refractivity contribution in [1.29, 1.82) is 0 Å². The van der Waals surface area contributed by atoms with Crippen molar-refractivity contribution in [2.24, 2.45) is 5.10 Å². The average molecular weight is 359 g/mol. The van der Waals surface area contributed by atoms with Crippen LogP contribution in [0.4, 0.5) is 0 Å². The quantitative estimate of drug-likeness (QED) is 0.440. The fourth-order valence-electron chi connectivity index (χ4n) is 1.96. The molecule has 0 radical (unpaired) electrons. The zero-order chi connectivity index (χ0) is 17.4. The van der Waals surface area contributed by atoms with Crippen molar-refractivity contribution in [3.05, 3.63) is 33.3 Å². The summed E-state index contributed by atoms with van der Waals surface area (Å²) in [7, 11) is 0. The molecule has 23 heavy (non-hydrogen) atoms. The number of ether oxygens (including phenoxy) is 1. The van der Waals surface area contributed by atoms with Crippen LogP contribution in [0.3, 0.4) is 0 Å². The van der Waals surface area contributed by atoms with Crippen LogP contribution in [0.15, 0.2) is 17.2 Å². The molecule has 0 heterocycles. The van der Waals surface area contributed by atoms with E-state index in [2.05, 4.69) is 10.5 Å². The first kappa shape index (κ1) is 19.5. The van der Waals surface area contributed by atoms with E-state index in [1.54, 1.807) is 13.0 Å². The van der Waals surface area contributed by atoms with E-state index in [1.165, 1.54) is 6.92 Å². The Hall–Kier alpha value is -1.59. The van der Waals surface area contributed by atoms with Gasteiger partial charge in [0.05, 0.1) is 13.2 Å². The van der Waals surface area contributed by atoms with Gasteiger partial charge in [0, 0.05) is 16.5 Å². The number of hydrogen-bond donors (Lipinski definition) is 1. The minimum absolute atomic E-state index is 0.00114. The van der Waals surface area contributed by atoms with Crippen LogP contribution >= 0.6 is 23.2 Å². The van der Waals surface area contributed by atoms with Crippen LogP contribution in [0.5, 0.6) is 0 Å². The molecule has 126 valence electrons. The number of rotatable bonds is 8. The number of esters is 1. The van der Waals surface area contributed by atoms with Gasteiger partial charge in [-0.05, 0) is 43.5 Å². The number of aryl methyl sites for hydroxylation is 1. The topological polar surface area (TPSA) is 67.8 Å². The minimum atomic E-state index is -0.513. The lowest BCUT2D eigenvalue weighted by molar-refractivity contribution is -0.135. The van der Waals surface area contributed by atoms with Crippen molar-refractivity contribution < 1.29 is 14.3 Å². The monoisotopic (exact) mass is 358 g/mol. The molecule has 0 saturated heterocycles. The molecule has 5 nitrogen and oxygen atoms in total. The third-order valence-corrected chi connectivity index (χ3v) is 3.66. The third-order valence-electron chi connectivity index (χ3n) is 3.10. The van der Waals surface area contributed by atoms with Crippen molar-refractivity contribution in [3.63, 3.8) is 0 Å². The molecule has 0 amide bonds. The molecule has 0 bridgehead atoms. The predicted molar refractivity (Wildman–Crippen MR) is 92.3 cm³/mol. The van der Waals surface area contributed by atoms with E-state index in [9.17, 15) is 9.59 Å². The van der Waals surface area contributed by atoms with Crippen LogP contribution in [-0.2, 0) is 27.2 Å². The fraction of sp³-hybridized carbons (Fsp3) is 0.438. The average Bonchev–Trinajstić information content (AvgIpc) is 2.49. The Morgan fingerprint density at radius 3 is 2.57 bits per heavy atom. The number of hydrazone groups is 1. The van der Waals surface area contributed by atoms with E-state index in [0.717, 1.165) is 17.5 Å². The highest BCUT2D eigenvalue weighted by molar-refractivity contribution is 6.35. The van der Waals surface area contributed by atoms with Gasteiger partial charge in [0.25, 0.3) is 0 Å². The van der Waals surface area contributed by atoms with Crippen LogP contribution < -0.4 is 5.43 Å². The molecule has 0 aliphatic rings. The van der Waals surface area contributed by atoms with Crippen LogP contribution in [0.2, 0.25) is 10.0 Å². The second-order valence-electron chi connectivity index (χ2n) is 4.85. The van der Waals surface area contributed by atoms with Gasteiger partial charge in [-0.3, -0.25) is 4.79 Å². The number of ketones is 1. The summed E-state index contributed by atoms with van der Waals surface area (Å²) in [4.78, 5) is 23.4. The number of carbonyl (C=O) groups excluding carboxylic acids is 2. The van der Waals surface area contributed by atoms with Gasteiger partial charge in [0.2, 0.25) is 0 Å². The Morgan fingerprint density at radius 2 is 1.96 bits per heavy atom. The molecule has 0 aromatic heterocycles. The SMILES string of the molecule is CCOC(=O)C(C)=NNCC(=O)Cc1c(Cl)cc(Cl)cc1CC. The number of hydrogen-bond acceptors (Lipinski definition) is 5. The van der Waals surface area contributed by atoms with E-state index in [4.69, 9.17) is 27.9 Å². The van der Waals surface area contributed by atoms with Crippen molar-refractivity contribution in [2.75, 3.05) is 13.2 Å². The van der Waals surface area contributed by atoms with Gasteiger partial charge < -0.3 is 10.2 Å². The molecule has 0 aliphatic heterocycles. The molecule has 1 aromatic carbocycles. The first-order valence-corrected chi connectivity index (χ1v) is 8.07. The lowest BCUT2D eigenvalue weighted by atomic mass is 10.0. The molecule has 7 heteroatoms. The summed E-state index contributed by atoms with van der Waals surface area (Å²) >= 11 is 12.1. The second-order valence-corrected chi connectivity index (χ2v) is 5.69. The maximum absolute atomic E-state index is 12.1. The second kappa shape index (κ2) is 9.53. The molecule has 0 unspecified atom stereocenters. The Morgan fingerprint density at radius 1 is 1.26 bits per heavy atom. The molecule has 1 N–H and O–H groups in total. The van der Waals surface area contributed by atoms with Gasteiger partial charge in [-0.2, -0.15) is 5.10 Å². The smallest absolute Gasteiger partial charge is 0.354 e. The van der Waals surface area contributed by atoms with Crippen LogP contribution in [0.25, 0.3) is 0 Å². The Balaban J connectivity index is 2.65. The Kier molecular flexibility index (Phi) is 8.06. The van der Waals surface area contributed by atoms with Gasteiger partial charge in [-0.1, -0.05) is 30.1 Å². The van der Waals surface area contributed by atoms with E-state index in [1.807, 2.05) is 13.0 Å². The summed E-state index contributed by atoms with van der Waals surface area (Å²) in [5, 5.41) is 4.85.